The van der Waals surface area contributed by atoms with E-state index in [0.29, 0.717) is 17.7 Å². The van der Waals surface area contributed by atoms with Crippen molar-refractivity contribution < 1.29 is 4.74 Å². The third-order valence-electron chi connectivity index (χ3n) is 5.33. The zero-order valence-electron chi connectivity index (χ0n) is 16.0. The van der Waals surface area contributed by atoms with Crippen LogP contribution in [-0.4, -0.2) is 37.6 Å². The minimum absolute atomic E-state index is 0.0449. The second kappa shape index (κ2) is 8.00. The predicted octanol–water partition coefficient (Wildman–Crippen LogP) is 3.75. The number of para-hydroxylation sites is 1. The Kier molecular flexibility index (Phi) is 5.08. The van der Waals surface area contributed by atoms with Gasteiger partial charge in [0.05, 0.1) is 23.6 Å². The summed E-state index contributed by atoms with van der Waals surface area (Å²) in [6, 6.07) is 17.6. The molecule has 0 saturated carbocycles. The van der Waals surface area contributed by atoms with E-state index >= 15 is 0 Å². The van der Waals surface area contributed by atoms with Crippen molar-refractivity contribution in [3.05, 3.63) is 70.5 Å². The summed E-state index contributed by atoms with van der Waals surface area (Å²) < 4.78 is 9.59. The molecule has 7 heteroatoms. The number of hydrogen-bond donors (Lipinski definition) is 0. The van der Waals surface area contributed by atoms with E-state index in [4.69, 9.17) is 4.74 Å². The van der Waals surface area contributed by atoms with Crippen molar-refractivity contribution in [3.8, 4) is 0 Å². The number of thioether (sulfide) groups is 1. The van der Waals surface area contributed by atoms with Crippen LogP contribution in [0.5, 0.6) is 0 Å². The van der Waals surface area contributed by atoms with Gasteiger partial charge < -0.3 is 4.74 Å². The van der Waals surface area contributed by atoms with Crippen LogP contribution in [0.3, 0.4) is 0 Å². The van der Waals surface area contributed by atoms with E-state index in [1.54, 1.807) is 16.3 Å². The van der Waals surface area contributed by atoms with Gasteiger partial charge in [0.1, 0.15) is 0 Å². The molecule has 1 aliphatic rings. The van der Waals surface area contributed by atoms with E-state index in [2.05, 4.69) is 10.2 Å². The maximum atomic E-state index is 13.2. The van der Waals surface area contributed by atoms with E-state index < -0.39 is 0 Å². The van der Waals surface area contributed by atoms with Crippen molar-refractivity contribution in [3.63, 3.8) is 0 Å². The molecule has 2 aromatic carbocycles. The van der Waals surface area contributed by atoms with E-state index in [1.165, 1.54) is 6.42 Å². The van der Waals surface area contributed by atoms with Crippen LogP contribution in [0.4, 0.5) is 0 Å². The number of aromatic nitrogens is 4. The number of hydrogen-bond acceptors (Lipinski definition) is 5. The molecule has 1 aliphatic heterocycles. The number of nitrogens with zero attached hydrogens (tertiary/aromatic N) is 4. The molecular weight excluding hydrogens is 384 g/mol. The molecule has 0 N–H and O–H groups in total. The topological polar surface area (TPSA) is 61.4 Å². The van der Waals surface area contributed by atoms with Crippen LogP contribution >= 0.6 is 11.8 Å². The molecule has 0 radical (unpaired) electrons. The van der Waals surface area contributed by atoms with E-state index in [9.17, 15) is 4.79 Å². The summed E-state index contributed by atoms with van der Waals surface area (Å²) in [6.07, 6.45) is 3.70. The Morgan fingerprint density at radius 2 is 1.86 bits per heavy atom. The van der Waals surface area contributed by atoms with Crippen molar-refractivity contribution in [1.82, 2.24) is 19.2 Å². The lowest BCUT2D eigenvalue weighted by Crippen LogP contribution is -2.24. The molecule has 0 spiro atoms. The van der Waals surface area contributed by atoms with E-state index in [1.807, 2.05) is 59.0 Å². The first-order chi connectivity index (χ1) is 14.3. The molecule has 0 amide bonds. The highest BCUT2D eigenvalue weighted by atomic mass is 32.2. The van der Waals surface area contributed by atoms with Gasteiger partial charge in [0, 0.05) is 12.4 Å². The number of fused-ring (bicyclic) bond motifs is 3. The summed E-state index contributed by atoms with van der Waals surface area (Å²) >= 11 is 1.65. The molecule has 4 aromatic rings. The number of ether oxygens (including phenoxy) is 1. The minimum Gasteiger partial charge on any atom is -0.377 e. The predicted molar refractivity (Wildman–Crippen MR) is 115 cm³/mol. The molecule has 0 unspecified atom stereocenters. The zero-order valence-corrected chi connectivity index (χ0v) is 16.8. The Hall–Kier alpha value is -2.64. The Morgan fingerprint density at radius 1 is 1.03 bits per heavy atom. The molecule has 29 heavy (non-hydrogen) atoms. The summed E-state index contributed by atoms with van der Waals surface area (Å²) in [5, 5.41) is 10.3. The largest absolute Gasteiger partial charge is 0.377 e. The third kappa shape index (κ3) is 3.56. The fraction of sp³-hybridized carbons (Fsp3) is 0.318. The maximum Gasteiger partial charge on any atom is 0.263 e. The van der Waals surface area contributed by atoms with Gasteiger partial charge in [-0.05, 0) is 37.0 Å². The fourth-order valence-corrected chi connectivity index (χ4v) is 4.85. The van der Waals surface area contributed by atoms with Crippen LogP contribution in [0.15, 0.2) is 64.5 Å². The molecule has 0 bridgehead atoms. The number of benzene rings is 2. The molecule has 2 aromatic heterocycles. The van der Waals surface area contributed by atoms with Gasteiger partial charge in [-0.3, -0.25) is 13.8 Å². The average molecular weight is 407 g/mol. The van der Waals surface area contributed by atoms with Gasteiger partial charge in [0.15, 0.2) is 5.16 Å². The first-order valence-electron chi connectivity index (χ1n) is 9.96. The van der Waals surface area contributed by atoms with Crippen LogP contribution in [0.25, 0.3) is 16.7 Å². The highest BCUT2D eigenvalue weighted by molar-refractivity contribution is 7.99. The Labute approximate surface area is 172 Å². The van der Waals surface area contributed by atoms with Crippen LogP contribution in [-0.2, 0) is 11.3 Å². The third-order valence-corrected chi connectivity index (χ3v) is 6.39. The van der Waals surface area contributed by atoms with Crippen molar-refractivity contribution in [1.29, 1.82) is 0 Å². The van der Waals surface area contributed by atoms with Crippen molar-refractivity contribution in [2.75, 3.05) is 12.4 Å². The summed E-state index contributed by atoms with van der Waals surface area (Å²) in [5.41, 5.74) is 1.85. The fourth-order valence-electron chi connectivity index (χ4n) is 3.84. The number of rotatable bonds is 5. The minimum atomic E-state index is -0.0449. The molecule has 6 nitrogen and oxygen atoms in total. The highest BCUT2D eigenvalue weighted by Gasteiger charge is 2.19. The quantitative estimate of drug-likeness (QED) is 0.473. The Balaban J connectivity index is 1.60. The van der Waals surface area contributed by atoms with Crippen LogP contribution < -0.4 is 5.56 Å². The average Bonchev–Trinajstić information content (AvgIpc) is 3.21. The molecule has 3 heterocycles. The highest BCUT2D eigenvalue weighted by Crippen LogP contribution is 2.25. The van der Waals surface area contributed by atoms with Crippen LogP contribution in [0, 0.1) is 0 Å². The molecule has 148 valence electrons. The normalized spacial score (nSPS) is 17.2. The maximum absolute atomic E-state index is 13.2. The lowest BCUT2D eigenvalue weighted by Gasteiger charge is -2.21. The Bertz CT molecular complexity index is 1200. The molecule has 1 saturated heterocycles. The van der Waals surface area contributed by atoms with Crippen molar-refractivity contribution in [2.24, 2.45) is 0 Å². The van der Waals surface area contributed by atoms with Gasteiger partial charge in [0.25, 0.3) is 5.56 Å². The summed E-state index contributed by atoms with van der Waals surface area (Å²) in [7, 11) is 0. The van der Waals surface area contributed by atoms with Crippen molar-refractivity contribution >= 4 is 28.4 Å². The van der Waals surface area contributed by atoms with Gasteiger partial charge >= 0.3 is 0 Å². The van der Waals surface area contributed by atoms with Gasteiger partial charge in [-0.25, -0.2) is 0 Å². The van der Waals surface area contributed by atoms with Gasteiger partial charge in [-0.2, -0.15) is 0 Å². The zero-order chi connectivity index (χ0) is 19.6. The Morgan fingerprint density at radius 3 is 2.69 bits per heavy atom. The molecule has 0 aliphatic carbocycles. The smallest absolute Gasteiger partial charge is 0.263 e. The van der Waals surface area contributed by atoms with Gasteiger partial charge in [-0.1, -0.05) is 54.2 Å². The SMILES string of the molecule is O=c1c2ccccc2n2c(SC[C@H]3CCCCO3)nnc2n1Cc1ccccc1. The summed E-state index contributed by atoms with van der Waals surface area (Å²) in [5.74, 6) is 1.41. The summed E-state index contributed by atoms with van der Waals surface area (Å²) in [4.78, 5) is 13.2. The molecular formula is C22H22N4O2S. The lowest BCUT2D eigenvalue weighted by molar-refractivity contribution is 0.0315. The van der Waals surface area contributed by atoms with E-state index in [0.717, 1.165) is 41.4 Å². The second-order valence-corrected chi connectivity index (χ2v) is 8.30. The first kappa shape index (κ1) is 18.4. The monoisotopic (exact) mass is 406 g/mol. The van der Waals surface area contributed by atoms with Crippen LogP contribution in [0.2, 0.25) is 0 Å². The summed E-state index contributed by atoms with van der Waals surface area (Å²) in [6.45, 7) is 1.30. The van der Waals surface area contributed by atoms with Gasteiger partial charge in [-0.15, -0.1) is 10.2 Å². The van der Waals surface area contributed by atoms with Gasteiger partial charge in [0.2, 0.25) is 5.78 Å². The standard InChI is InChI=1S/C22H22N4O2S/c27-20-18-11-4-5-12-19(18)26-21(25(20)14-16-8-2-1-3-9-16)23-24-22(26)29-15-17-10-6-7-13-28-17/h1-5,8-9,11-12,17H,6-7,10,13-15H2/t17-/m1/s1. The second-order valence-electron chi connectivity index (χ2n) is 7.31. The molecule has 1 fully saturated rings. The molecule has 5 rings (SSSR count). The van der Waals surface area contributed by atoms with Crippen LogP contribution in [0.1, 0.15) is 24.8 Å². The first-order valence-corrected chi connectivity index (χ1v) is 10.9. The lowest BCUT2D eigenvalue weighted by atomic mass is 10.1. The van der Waals surface area contributed by atoms with E-state index in [-0.39, 0.29) is 11.7 Å². The molecule has 1 atom stereocenters. The van der Waals surface area contributed by atoms with Crippen molar-refractivity contribution in [2.45, 2.75) is 37.1 Å².